The van der Waals surface area contributed by atoms with Gasteiger partial charge in [-0.1, -0.05) is 18.2 Å². The fraction of sp³-hybridized carbons (Fsp3) is 0.273. The van der Waals surface area contributed by atoms with Crippen molar-refractivity contribution in [2.45, 2.75) is 32.2 Å². The molecule has 0 saturated carbocycles. The first kappa shape index (κ1) is 22.4. The number of aryl methyl sites for hydroxylation is 2. The molecule has 3 aromatic rings. The standard InChI is InChI=1S/C22H23N3O5S/c1-4-29-22(28)18-13(3)30-21(19(18)20(23)27)25-16(26)9-10-31-17-11-12(2)14-7-5-6-8-15(14)24-17/h5-8,11H,4,9-10H2,1-3H3,(H2,23,27)(H,25,26). The number of aromatic nitrogens is 1. The summed E-state index contributed by atoms with van der Waals surface area (Å²) in [7, 11) is 0. The fourth-order valence-electron chi connectivity index (χ4n) is 3.15. The summed E-state index contributed by atoms with van der Waals surface area (Å²) in [6.07, 6.45) is 0.144. The van der Waals surface area contributed by atoms with Crippen LogP contribution >= 0.6 is 11.8 Å². The van der Waals surface area contributed by atoms with Crippen LogP contribution in [0, 0.1) is 13.8 Å². The number of primary amides is 1. The molecule has 0 spiro atoms. The number of hydrogen-bond donors (Lipinski definition) is 2. The Bertz CT molecular complexity index is 1160. The van der Waals surface area contributed by atoms with E-state index in [-0.39, 0.29) is 41.7 Å². The van der Waals surface area contributed by atoms with E-state index >= 15 is 0 Å². The van der Waals surface area contributed by atoms with Gasteiger partial charge in [0.2, 0.25) is 11.8 Å². The summed E-state index contributed by atoms with van der Waals surface area (Å²) < 4.78 is 10.4. The average Bonchev–Trinajstić information content (AvgIpc) is 3.04. The van der Waals surface area contributed by atoms with Gasteiger partial charge in [-0.15, -0.1) is 11.8 Å². The lowest BCUT2D eigenvalue weighted by Gasteiger charge is -2.07. The predicted octanol–water partition coefficient (Wildman–Crippen LogP) is 3.84. The minimum atomic E-state index is -0.889. The van der Waals surface area contributed by atoms with Crippen LogP contribution in [0.25, 0.3) is 10.9 Å². The third-order valence-electron chi connectivity index (χ3n) is 4.54. The molecule has 9 heteroatoms. The van der Waals surface area contributed by atoms with Gasteiger partial charge in [-0.25, -0.2) is 9.78 Å². The zero-order valence-corrected chi connectivity index (χ0v) is 18.3. The number of fused-ring (bicyclic) bond motifs is 1. The molecular weight excluding hydrogens is 418 g/mol. The number of nitrogens with one attached hydrogen (secondary N) is 1. The zero-order valence-electron chi connectivity index (χ0n) is 17.5. The lowest BCUT2D eigenvalue weighted by molar-refractivity contribution is -0.115. The summed E-state index contributed by atoms with van der Waals surface area (Å²) in [5.74, 6) is -1.54. The molecule has 162 valence electrons. The Morgan fingerprint density at radius 2 is 1.94 bits per heavy atom. The molecule has 0 aliphatic rings. The summed E-state index contributed by atoms with van der Waals surface area (Å²) in [4.78, 5) is 41.0. The monoisotopic (exact) mass is 441 g/mol. The highest BCUT2D eigenvalue weighted by molar-refractivity contribution is 7.99. The first-order chi connectivity index (χ1) is 14.8. The first-order valence-electron chi connectivity index (χ1n) is 9.71. The largest absolute Gasteiger partial charge is 0.462 e. The van der Waals surface area contributed by atoms with Gasteiger partial charge in [0.25, 0.3) is 5.91 Å². The van der Waals surface area contributed by atoms with Crippen LogP contribution in [0.3, 0.4) is 0 Å². The van der Waals surface area contributed by atoms with Crippen LogP contribution in [0.4, 0.5) is 5.88 Å². The number of para-hydroxylation sites is 1. The molecule has 2 amide bonds. The second kappa shape index (κ2) is 9.65. The van der Waals surface area contributed by atoms with Crippen molar-refractivity contribution in [1.82, 2.24) is 4.98 Å². The van der Waals surface area contributed by atoms with Gasteiger partial charge in [-0.3, -0.25) is 14.9 Å². The van der Waals surface area contributed by atoms with Gasteiger partial charge in [-0.2, -0.15) is 0 Å². The van der Waals surface area contributed by atoms with Crippen molar-refractivity contribution >= 4 is 46.3 Å². The van der Waals surface area contributed by atoms with E-state index in [0.717, 1.165) is 21.5 Å². The Hall–Kier alpha value is -3.33. The molecule has 0 aliphatic carbocycles. The number of thioether (sulfide) groups is 1. The number of anilines is 1. The Morgan fingerprint density at radius 1 is 1.19 bits per heavy atom. The number of esters is 1. The number of pyridine rings is 1. The van der Waals surface area contributed by atoms with E-state index in [4.69, 9.17) is 14.9 Å². The van der Waals surface area contributed by atoms with E-state index in [1.165, 1.54) is 18.7 Å². The minimum absolute atomic E-state index is 0.0742. The third-order valence-corrected chi connectivity index (χ3v) is 5.45. The quantitative estimate of drug-likeness (QED) is 0.402. The molecule has 0 atom stereocenters. The Morgan fingerprint density at radius 3 is 2.65 bits per heavy atom. The molecule has 3 N–H and O–H groups in total. The summed E-state index contributed by atoms with van der Waals surface area (Å²) in [5, 5.41) is 4.44. The normalized spacial score (nSPS) is 10.8. The number of nitrogens with two attached hydrogens (primary N) is 1. The molecule has 0 bridgehead atoms. The van der Waals surface area contributed by atoms with Gasteiger partial charge < -0.3 is 14.9 Å². The smallest absolute Gasteiger partial charge is 0.342 e. The number of carbonyl (C=O) groups is 3. The van der Waals surface area contributed by atoms with Crippen LogP contribution < -0.4 is 11.1 Å². The SMILES string of the molecule is CCOC(=O)c1c(C)oc(NC(=O)CCSc2cc(C)c3ccccc3n2)c1C(N)=O. The number of rotatable bonds is 8. The minimum Gasteiger partial charge on any atom is -0.462 e. The van der Waals surface area contributed by atoms with E-state index in [0.29, 0.717) is 5.75 Å². The van der Waals surface area contributed by atoms with Crippen LogP contribution in [0.5, 0.6) is 0 Å². The van der Waals surface area contributed by atoms with Gasteiger partial charge in [0.15, 0.2) is 0 Å². The summed E-state index contributed by atoms with van der Waals surface area (Å²) in [6.45, 7) is 5.29. The van der Waals surface area contributed by atoms with Gasteiger partial charge in [0.1, 0.15) is 16.9 Å². The second-order valence-electron chi connectivity index (χ2n) is 6.76. The lowest BCUT2D eigenvalue weighted by atomic mass is 10.1. The topological polar surface area (TPSA) is 125 Å². The average molecular weight is 442 g/mol. The van der Waals surface area contributed by atoms with Crippen molar-refractivity contribution in [2.75, 3.05) is 17.7 Å². The van der Waals surface area contributed by atoms with Gasteiger partial charge >= 0.3 is 5.97 Å². The molecule has 0 radical (unpaired) electrons. The fourth-order valence-corrected chi connectivity index (χ4v) is 4.07. The molecule has 2 heterocycles. The van der Waals surface area contributed by atoms with E-state index in [2.05, 4.69) is 10.3 Å². The molecule has 0 unspecified atom stereocenters. The van der Waals surface area contributed by atoms with Crippen molar-refractivity contribution in [1.29, 1.82) is 0 Å². The number of furan rings is 1. The number of benzene rings is 1. The molecule has 2 aromatic heterocycles. The second-order valence-corrected chi connectivity index (χ2v) is 7.88. The Balaban J connectivity index is 1.67. The number of nitrogens with zero attached hydrogens (tertiary/aromatic N) is 1. The van der Waals surface area contributed by atoms with E-state index in [1.807, 2.05) is 37.3 Å². The van der Waals surface area contributed by atoms with Crippen molar-refractivity contribution < 1.29 is 23.5 Å². The van der Waals surface area contributed by atoms with Gasteiger partial charge in [-0.05, 0) is 38.5 Å². The Labute approximate surface area is 183 Å². The maximum atomic E-state index is 12.4. The van der Waals surface area contributed by atoms with Crippen LogP contribution in [-0.2, 0) is 9.53 Å². The summed E-state index contributed by atoms with van der Waals surface area (Å²) in [6, 6.07) is 9.86. The third kappa shape index (κ3) is 5.05. The van der Waals surface area contributed by atoms with Crippen molar-refractivity contribution in [3.05, 3.63) is 52.8 Å². The van der Waals surface area contributed by atoms with E-state index in [1.54, 1.807) is 6.92 Å². The molecule has 31 heavy (non-hydrogen) atoms. The van der Waals surface area contributed by atoms with Crippen LogP contribution in [0.15, 0.2) is 39.8 Å². The molecule has 3 rings (SSSR count). The van der Waals surface area contributed by atoms with Gasteiger partial charge in [0, 0.05) is 17.6 Å². The number of carbonyl (C=O) groups excluding carboxylic acids is 3. The number of ether oxygens (including phenoxy) is 1. The highest BCUT2D eigenvalue weighted by atomic mass is 32.2. The molecule has 0 saturated heterocycles. The van der Waals surface area contributed by atoms with Gasteiger partial charge in [0.05, 0.1) is 17.1 Å². The number of hydrogen-bond acceptors (Lipinski definition) is 7. The van der Waals surface area contributed by atoms with Crippen molar-refractivity contribution in [3.63, 3.8) is 0 Å². The van der Waals surface area contributed by atoms with E-state index in [9.17, 15) is 14.4 Å². The number of amides is 2. The first-order valence-corrected chi connectivity index (χ1v) is 10.7. The van der Waals surface area contributed by atoms with E-state index < -0.39 is 11.9 Å². The molecule has 8 nitrogen and oxygen atoms in total. The molecule has 0 aliphatic heterocycles. The summed E-state index contributed by atoms with van der Waals surface area (Å²) in [5.41, 5.74) is 7.15. The highest BCUT2D eigenvalue weighted by Crippen LogP contribution is 2.28. The maximum absolute atomic E-state index is 12.4. The zero-order chi connectivity index (χ0) is 22.5. The highest BCUT2D eigenvalue weighted by Gasteiger charge is 2.29. The van der Waals surface area contributed by atoms with Crippen LogP contribution in [0.2, 0.25) is 0 Å². The summed E-state index contributed by atoms with van der Waals surface area (Å²) >= 11 is 1.45. The van der Waals surface area contributed by atoms with Crippen LogP contribution in [-0.4, -0.2) is 35.1 Å². The van der Waals surface area contributed by atoms with Crippen LogP contribution in [0.1, 0.15) is 45.4 Å². The molecular formula is C22H23N3O5S. The molecule has 1 aromatic carbocycles. The molecule has 0 fully saturated rings. The Kier molecular flexibility index (Phi) is 6.96. The maximum Gasteiger partial charge on any atom is 0.342 e. The van der Waals surface area contributed by atoms with Crippen molar-refractivity contribution in [2.24, 2.45) is 5.73 Å². The van der Waals surface area contributed by atoms with Crippen molar-refractivity contribution in [3.8, 4) is 0 Å². The lowest BCUT2D eigenvalue weighted by Crippen LogP contribution is -2.20. The predicted molar refractivity (Wildman–Crippen MR) is 118 cm³/mol.